The van der Waals surface area contributed by atoms with Gasteiger partial charge >= 0.3 is 12.4 Å². The van der Waals surface area contributed by atoms with Gasteiger partial charge < -0.3 is 9.80 Å². The lowest BCUT2D eigenvalue weighted by atomic mass is 9.98. The molecule has 0 bridgehead atoms. The van der Waals surface area contributed by atoms with Crippen LogP contribution in [0.4, 0.5) is 32.0 Å². The summed E-state index contributed by atoms with van der Waals surface area (Å²) in [5, 5.41) is 0. The number of ketones is 1. The second-order valence-corrected chi connectivity index (χ2v) is 10.0. The zero-order valence-corrected chi connectivity index (χ0v) is 21.8. The third-order valence-electron chi connectivity index (χ3n) is 6.82. The van der Waals surface area contributed by atoms with Gasteiger partial charge in [-0.3, -0.25) is 9.59 Å². The predicted molar refractivity (Wildman–Crippen MR) is 139 cm³/mol. The molecule has 0 aliphatic carbocycles. The number of carbonyl (C=O) groups is 2. The van der Waals surface area contributed by atoms with E-state index in [-0.39, 0.29) is 24.0 Å². The highest BCUT2D eigenvalue weighted by Crippen LogP contribution is 2.36. The highest BCUT2D eigenvalue weighted by atomic mass is 19.4. The molecule has 4 nitrogen and oxygen atoms in total. The van der Waals surface area contributed by atoms with Crippen LogP contribution in [0.5, 0.6) is 0 Å². The van der Waals surface area contributed by atoms with Crippen molar-refractivity contribution in [3.05, 3.63) is 100 Å². The Hall–Kier alpha value is -3.82. The van der Waals surface area contributed by atoms with Crippen molar-refractivity contribution in [2.75, 3.05) is 31.1 Å². The summed E-state index contributed by atoms with van der Waals surface area (Å²) in [5.41, 5.74) is 0.368. The van der Waals surface area contributed by atoms with E-state index in [0.717, 1.165) is 16.8 Å². The van der Waals surface area contributed by atoms with Gasteiger partial charge in [0.15, 0.2) is 0 Å². The largest absolute Gasteiger partial charge is 0.416 e. The Morgan fingerprint density at radius 3 is 1.80 bits per heavy atom. The van der Waals surface area contributed by atoms with E-state index in [9.17, 15) is 35.9 Å². The van der Waals surface area contributed by atoms with Gasteiger partial charge in [0, 0.05) is 44.7 Å². The zero-order valence-electron chi connectivity index (χ0n) is 21.8. The van der Waals surface area contributed by atoms with Crippen molar-refractivity contribution in [1.82, 2.24) is 4.90 Å². The van der Waals surface area contributed by atoms with Gasteiger partial charge in [-0.2, -0.15) is 26.3 Å². The first-order valence-electron chi connectivity index (χ1n) is 12.8. The van der Waals surface area contributed by atoms with Crippen LogP contribution in [0.3, 0.4) is 0 Å². The molecule has 0 N–H and O–H groups in total. The van der Waals surface area contributed by atoms with E-state index in [1.807, 2.05) is 48.2 Å². The van der Waals surface area contributed by atoms with Crippen molar-refractivity contribution in [1.29, 1.82) is 0 Å². The van der Waals surface area contributed by atoms with Gasteiger partial charge in [-0.25, -0.2) is 0 Å². The molecule has 1 amide bonds. The maximum Gasteiger partial charge on any atom is 0.416 e. The summed E-state index contributed by atoms with van der Waals surface area (Å²) in [5.74, 6) is -0.428. The first-order valence-corrected chi connectivity index (χ1v) is 12.8. The van der Waals surface area contributed by atoms with E-state index >= 15 is 0 Å². The number of anilines is 1. The lowest BCUT2D eigenvalue weighted by molar-refractivity contribution is -0.143. The lowest BCUT2D eigenvalue weighted by Gasteiger charge is -2.36. The van der Waals surface area contributed by atoms with Crippen molar-refractivity contribution in [3.63, 3.8) is 0 Å². The quantitative estimate of drug-likeness (QED) is 0.319. The van der Waals surface area contributed by atoms with Crippen LogP contribution >= 0.6 is 0 Å². The third kappa shape index (κ3) is 7.64. The molecule has 0 radical (unpaired) electrons. The normalized spacial score (nSPS) is 14.4. The monoisotopic (exact) mass is 562 g/mol. The van der Waals surface area contributed by atoms with Gasteiger partial charge in [0.25, 0.3) is 0 Å². The summed E-state index contributed by atoms with van der Waals surface area (Å²) >= 11 is 0. The van der Waals surface area contributed by atoms with Crippen LogP contribution in [0.2, 0.25) is 0 Å². The number of piperazine rings is 1. The van der Waals surface area contributed by atoms with E-state index in [4.69, 9.17) is 0 Å². The summed E-state index contributed by atoms with van der Waals surface area (Å²) in [6.45, 7) is 4.39. The van der Waals surface area contributed by atoms with Crippen LogP contribution < -0.4 is 4.90 Å². The van der Waals surface area contributed by atoms with Gasteiger partial charge in [-0.15, -0.1) is 0 Å². The summed E-state index contributed by atoms with van der Waals surface area (Å²) in [6, 6.07) is 16.1. The molecule has 0 unspecified atom stereocenters. The number of benzene rings is 3. The molecular formula is C30H28F6N2O2. The third-order valence-corrected chi connectivity index (χ3v) is 6.82. The Morgan fingerprint density at radius 2 is 1.25 bits per heavy atom. The molecule has 1 fully saturated rings. The van der Waals surface area contributed by atoms with Gasteiger partial charge in [-0.1, -0.05) is 42.0 Å². The van der Waals surface area contributed by atoms with Crippen LogP contribution in [0.15, 0.2) is 66.7 Å². The SMILES string of the molecule is Cc1cccc(CC(=O)N2CCN(c3ccc(CC(=O)Cc4cc(C(F)(F)F)cc(C(F)(F)F)c4)cc3)CC2)c1. The van der Waals surface area contributed by atoms with Crippen molar-refractivity contribution < 1.29 is 35.9 Å². The van der Waals surface area contributed by atoms with Gasteiger partial charge in [-0.05, 0) is 53.9 Å². The zero-order chi connectivity index (χ0) is 29.1. The molecule has 3 aromatic carbocycles. The van der Waals surface area contributed by atoms with Crippen molar-refractivity contribution in [2.45, 2.75) is 38.5 Å². The Bertz CT molecular complexity index is 1330. The fourth-order valence-corrected chi connectivity index (χ4v) is 4.79. The number of alkyl halides is 6. The number of hydrogen-bond donors (Lipinski definition) is 0. The molecule has 0 saturated carbocycles. The predicted octanol–water partition coefficient (Wildman–Crippen LogP) is 6.28. The summed E-state index contributed by atoms with van der Waals surface area (Å²) < 4.78 is 78.6. The van der Waals surface area contributed by atoms with Crippen LogP contribution in [0.25, 0.3) is 0 Å². The minimum atomic E-state index is -4.96. The molecule has 40 heavy (non-hydrogen) atoms. The minimum absolute atomic E-state index is 0.0482. The number of halogens is 6. The number of nitrogens with zero attached hydrogens (tertiary/aromatic N) is 2. The fraction of sp³-hybridized carbons (Fsp3) is 0.333. The molecular weight excluding hydrogens is 534 g/mol. The lowest BCUT2D eigenvalue weighted by Crippen LogP contribution is -2.49. The first-order chi connectivity index (χ1) is 18.8. The molecule has 1 saturated heterocycles. The Morgan fingerprint density at radius 1 is 0.675 bits per heavy atom. The standard InChI is InChI=1S/C30H28F6N2O2/c1-20-3-2-4-22(13-20)18-28(40)38-11-9-37(10-12-38)26-7-5-21(6-8-26)16-27(39)17-23-14-24(29(31,32)33)19-25(15-23)30(34,35)36/h2-8,13-15,19H,9-12,16-18H2,1H3. The molecule has 1 aliphatic heterocycles. The van der Waals surface area contributed by atoms with E-state index in [1.165, 1.54) is 0 Å². The van der Waals surface area contributed by atoms with Crippen LogP contribution in [-0.4, -0.2) is 42.8 Å². The highest BCUT2D eigenvalue weighted by molar-refractivity contribution is 5.83. The second kappa shape index (κ2) is 11.7. The number of carbonyl (C=O) groups excluding carboxylic acids is 2. The van der Waals surface area contributed by atoms with E-state index in [1.54, 1.807) is 12.1 Å². The van der Waals surface area contributed by atoms with Crippen LogP contribution in [0, 0.1) is 6.92 Å². The molecule has 0 atom stereocenters. The summed E-state index contributed by atoms with van der Waals surface area (Å²) in [4.78, 5) is 29.2. The van der Waals surface area contributed by atoms with Crippen LogP contribution in [-0.2, 0) is 41.2 Å². The van der Waals surface area contributed by atoms with Gasteiger partial charge in [0.05, 0.1) is 17.5 Å². The minimum Gasteiger partial charge on any atom is -0.368 e. The molecule has 4 rings (SSSR count). The molecule has 1 aliphatic rings. The molecule has 0 aromatic heterocycles. The van der Waals surface area contributed by atoms with E-state index < -0.39 is 35.7 Å². The first kappa shape index (κ1) is 29.2. The van der Waals surface area contributed by atoms with Crippen molar-refractivity contribution >= 4 is 17.4 Å². The number of amides is 1. The Balaban J connectivity index is 1.32. The number of rotatable bonds is 7. The highest BCUT2D eigenvalue weighted by Gasteiger charge is 2.37. The number of hydrogen-bond acceptors (Lipinski definition) is 3. The van der Waals surface area contributed by atoms with E-state index in [0.29, 0.717) is 50.3 Å². The van der Waals surface area contributed by atoms with Gasteiger partial charge in [0.2, 0.25) is 5.91 Å². The molecule has 3 aromatic rings. The summed E-state index contributed by atoms with van der Waals surface area (Å²) in [6.07, 6.45) is -10.3. The fourth-order valence-electron chi connectivity index (χ4n) is 4.79. The number of Topliss-reactive ketones (excluding diaryl/α,β-unsaturated/α-hetero) is 1. The molecule has 10 heteroatoms. The maximum absolute atomic E-state index is 13.1. The smallest absolute Gasteiger partial charge is 0.368 e. The second-order valence-electron chi connectivity index (χ2n) is 10.0. The van der Waals surface area contributed by atoms with Gasteiger partial charge in [0.1, 0.15) is 5.78 Å². The average Bonchev–Trinajstić information content (AvgIpc) is 2.88. The molecule has 0 spiro atoms. The van der Waals surface area contributed by atoms with Crippen molar-refractivity contribution in [2.24, 2.45) is 0 Å². The van der Waals surface area contributed by atoms with E-state index in [2.05, 4.69) is 4.90 Å². The Kier molecular flexibility index (Phi) is 8.56. The molecule has 1 heterocycles. The Labute approximate surface area is 228 Å². The summed E-state index contributed by atoms with van der Waals surface area (Å²) in [7, 11) is 0. The van der Waals surface area contributed by atoms with Crippen molar-refractivity contribution in [3.8, 4) is 0 Å². The number of aryl methyl sites for hydroxylation is 1. The average molecular weight is 563 g/mol. The topological polar surface area (TPSA) is 40.6 Å². The molecule has 212 valence electrons. The van der Waals surface area contributed by atoms with Crippen LogP contribution in [0.1, 0.15) is 33.4 Å². The maximum atomic E-state index is 13.1.